The molecule has 1 aromatic rings. The van der Waals surface area contributed by atoms with Crippen LogP contribution in [0.15, 0.2) is 24.3 Å². The minimum atomic E-state index is -0.214. The van der Waals surface area contributed by atoms with Crippen LogP contribution in [0.1, 0.15) is 6.42 Å². The first-order valence-electron chi connectivity index (χ1n) is 7.23. The smallest absolute Gasteiger partial charge is 0.228 e. The van der Waals surface area contributed by atoms with Gasteiger partial charge in [0, 0.05) is 39.1 Å². The zero-order chi connectivity index (χ0) is 14.8. The molecule has 112 valence electrons. The van der Waals surface area contributed by atoms with Gasteiger partial charge in [0.05, 0.1) is 11.6 Å². The standard InChI is InChI=1S/C15H19N3O3/c19-13-4-2-1-3-12(13)17-5-7-18(8-6-17)15(21)11-9-14(20)16-10-11/h1-4,11,19H,5-10H2,(H,16,20)/t11-/m0/s1. The molecule has 2 heterocycles. The van der Waals surface area contributed by atoms with Gasteiger partial charge in [0.2, 0.25) is 11.8 Å². The maximum atomic E-state index is 12.3. The lowest BCUT2D eigenvalue weighted by atomic mass is 10.1. The maximum absolute atomic E-state index is 12.3. The van der Waals surface area contributed by atoms with Crippen molar-refractivity contribution in [2.75, 3.05) is 37.6 Å². The predicted octanol–water partition coefficient (Wildman–Crippen LogP) is 0.177. The summed E-state index contributed by atoms with van der Waals surface area (Å²) in [7, 11) is 0. The number of anilines is 1. The van der Waals surface area contributed by atoms with Crippen molar-refractivity contribution in [2.24, 2.45) is 5.92 Å². The molecule has 0 spiro atoms. The number of carbonyl (C=O) groups is 2. The molecule has 0 aromatic heterocycles. The van der Waals surface area contributed by atoms with Gasteiger partial charge in [0.25, 0.3) is 0 Å². The number of para-hydroxylation sites is 2. The quantitative estimate of drug-likeness (QED) is 0.814. The fourth-order valence-electron chi connectivity index (χ4n) is 2.94. The van der Waals surface area contributed by atoms with E-state index in [1.165, 1.54) is 0 Å². The second-order valence-electron chi connectivity index (χ2n) is 5.51. The van der Waals surface area contributed by atoms with Crippen LogP contribution in [0.4, 0.5) is 5.69 Å². The normalized spacial score (nSPS) is 22.3. The average Bonchev–Trinajstić information content (AvgIpc) is 2.94. The summed E-state index contributed by atoms with van der Waals surface area (Å²) in [6.07, 6.45) is 0.304. The van der Waals surface area contributed by atoms with Gasteiger partial charge in [-0.2, -0.15) is 0 Å². The summed E-state index contributed by atoms with van der Waals surface area (Å²) < 4.78 is 0. The number of hydrogen-bond donors (Lipinski definition) is 2. The van der Waals surface area contributed by atoms with E-state index >= 15 is 0 Å². The van der Waals surface area contributed by atoms with Crippen LogP contribution in [0.5, 0.6) is 5.75 Å². The zero-order valence-corrected chi connectivity index (χ0v) is 11.8. The minimum absolute atomic E-state index is 0.0406. The van der Waals surface area contributed by atoms with Crippen LogP contribution < -0.4 is 10.2 Å². The molecule has 0 bridgehead atoms. The molecule has 1 atom stereocenters. The van der Waals surface area contributed by atoms with Gasteiger partial charge in [0.15, 0.2) is 0 Å². The summed E-state index contributed by atoms with van der Waals surface area (Å²) in [5.74, 6) is 0.0727. The molecule has 3 rings (SSSR count). The number of carbonyl (C=O) groups excluding carboxylic acids is 2. The summed E-state index contributed by atoms with van der Waals surface area (Å²) in [6.45, 7) is 3.09. The lowest BCUT2D eigenvalue weighted by molar-refractivity contribution is -0.136. The molecule has 0 aliphatic carbocycles. The van der Waals surface area contributed by atoms with Gasteiger partial charge in [-0.15, -0.1) is 0 Å². The SMILES string of the molecule is O=C1C[C@H](C(=O)N2CCN(c3ccccc3O)CC2)CN1. The Labute approximate surface area is 123 Å². The van der Waals surface area contributed by atoms with Crippen LogP contribution in [-0.2, 0) is 9.59 Å². The van der Waals surface area contributed by atoms with Crippen molar-refractivity contribution in [3.8, 4) is 5.75 Å². The Bertz CT molecular complexity index is 553. The summed E-state index contributed by atoms with van der Waals surface area (Å²) in [5, 5.41) is 12.6. The van der Waals surface area contributed by atoms with E-state index in [1.54, 1.807) is 12.1 Å². The van der Waals surface area contributed by atoms with Crippen molar-refractivity contribution in [1.29, 1.82) is 0 Å². The van der Waals surface area contributed by atoms with Crippen molar-refractivity contribution < 1.29 is 14.7 Å². The summed E-state index contributed by atoms with van der Waals surface area (Å²) in [6, 6.07) is 7.24. The highest BCUT2D eigenvalue weighted by atomic mass is 16.3. The molecule has 21 heavy (non-hydrogen) atoms. The van der Waals surface area contributed by atoms with E-state index in [1.807, 2.05) is 17.0 Å². The highest BCUT2D eigenvalue weighted by Gasteiger charge is 2.32. The lowest BCUT2D eigenvalue weighted by Crippen LogP contribution is -2.50. The van der Waals surface area contributed by atoms with E-state index in [0.717, 1.165) is 5.69 Å². The van der Waals surface area contributed by atoms with Crippen LogP contribution in [0.25, 0.3) is 0 Å². The number of rotatable bonds is 2. The summed E-state index contributed by atoms with van der Waals surface area (Å²) in [4.78, 5) is 27.4. The molecule has 6 nitrogen and oxygen atoms in total. The molecular weight excluding hydrogens is 270 g/mol. The predicted molar refractivity (Wildman–Crippen MR) is 78.0 cm³/mol. The van der Waals surface area contributed by atoms with Gasteiger partial charge in [-0.25, -0.2) is 0 Å². The van der Waals surface area contributed by atoms with Gasteiger partial charge < -0.3 is 20.2 Å². The first kappa shape index (κ1) is 13.7. The van der Waals surface area contributed by atoms with E-state index in [2.05, 4.69) is 10.2 Å². The van der Waals surface area contributed by atoms with Gasteiger partial charge in [-0.3, -0.25) is 9.59 Å². The number of nitrogens with one attached hydrogen (secondary N) is 1. The van der Waals surface area contributed by atoms with Gasteiger partial charge >= 0.3 is 0 Å². The number of piperazine rings is 1. The molecule has 0 saturated carbocycles. The van der Waals surface area contributed by atoms with Crippen LogP contribution in [0, 0.1) is 5.92 Å². The maximum Gasteiger partial charge on any atom is 0.228 e. The Balaban J connectivity index is 1.59. The van der Waals surface area contributed by atoms with Crippen LogP contribution in [0.2, 0.25) is 0 Å². The Kier molecular flexibility index (Phi) is 3.68. The van der Waals surface area contributed by atoms with Crippen LogP contribution in [-0.4, -0.2) is 54.5 Å². The first-order valence-corrected chi connectivity index (χ1v) is 7.23. The second kappa shape index (κ2) is 5.63. The molecule has 6 heteroatoms. The first-order chi connectivity index (χ1) is 10.1. The third-order valence-electron chi connectivity index (χ3n) is 4.14. The number of benzene rings is 1. The number of phenols is 1. The topological polar surface area (TPSA) is 72.9 Å². The van der Waals surface area contributed by atoms with E-state index in [4.69, 9.17) is 0 Å². The number of amides is 2. The fourth-order valence-corrected chi connectivity index (χ4v) is 2.94. The number of aromatic hydroxyl groups is 1. The van der Waals surface area contributed by atoms with Crippen molar-refractivity contribution in [2.45, 2.75) is 6.42 Å². The monoisotopic (exact) mass is 289 g/mol. The van der Waals surface area contributed by atoms with Gasteiger partial charge in [-0.1, -0.05) is 12.1 Å². The van der Waals surface area contributed by atoms with Crippen molar-refractivity contribution in [1.82, 2.24) is 10.2 Å². The van der Waals surface area contributed by atoms with Crippen molar-refractivity contribution in [3.05, 3.63) is 24.3 Å². The van der Waals surface area contributed by atoms with E-state index in [9.17, 15) is 14.7 Å². The fraction of sp³-hybridized carbons (Fsp3) is 0.467. The third-order valence-corrected chi connectivity index (χ3v) is 4.14. The molecule has 2 saturated heterocycles. The molecule has 0 unspecified atom stereocenters. The van der Waals surface area contributed by atoms with Crippen LogP contribution >= 0.6 is 0 Å². The zero-order valence-electron chi connectivity index (χ0n) is 11.8. The van der Waals surface area contributed by atoms with Crippen molar-refractivity contribution >= 4 is 17.5 Å². The molecule has 2 aliphatic rings. The summed E-state index contributed by atoms with van der Waals surface area (Å²) in [5.41, 5.74) is 0.808. The van der Waals surface area contributed by atoms with E-state index in [-0.39, 0.29) is 23.5 Å². The average molecular weight is 289 g/mol. The number of phenolic OH excluding ortho intramolecular Hbond substituents is 1. The summed E-state index contributed by atoms with van der Waals surface area (Å²) >= 11 is 0. The Morgan fingerprint density at radius 1 is 1.19 bits per heavy atom. The Morgan fingerprint density at radius 2 is 1.90 bits per heavy atom. The van der Waals surface area contributed by atoms with Gasteiger partial charge in [0.1, 0.15) is 5.75 Å². The Morgan fingerprint density at radius 3 is 2.52 bits per heavy atom. The van der Waals surface area contributed by atoms with E-state index < -0.39 is 0 Å². The highest BCUT2D eigenvalue weighted by Crippen LogP contribution is 2.27. The third kappa shape index (κ3) is 2.79. The molecule has 2 aliphatic heterocycles. The number of nitrogens with zero attached hydrogens (tertiary/aromatic N) is 2. The van der Waals surface area contributed by atoms with Crippen LogP contribution in [0.3, 0.4) is 0 Å². The lowest BCUT2D eigenvalue weighted by Gasteiger charge is -2.37. The molecule has 2 amide bonds. The number of hydrogen-bond acceptors (Lipinski definition) is 4. The largest absolute Gasteiger partial charge is 0.506 e. The van der Waals surface area contributed by atoms with Gasteiger partial charge in [-0.05, 0) is 12.1 Å². The van der Waals surface area contributed by atoms with Crippen molar-refractivity contribution in [3.63, 3.8) is 0 Å². The molecule has 0 radical (unpaired) electrons. The highest BCUT2D eigenvalue weighted by molar-refractivity contribution is 5.89. The Hall–Kier alpha value is -2.24. The van der Waals surface area contributed by atoms with E-state index in [0.29, 0.717) is 39.1 Å². The second-order valence-corrected chi connectivity index (χ2v) is 5.51. The molecule has 1 aromatic carbocycles. The molecular formula is C15H19N3O3. The molecule has 2 fully saturated rings. The minimum Gasteiger partial charge on any atom is -0.506 e. The molecule has 2 N–H and O–H groups in total.